The summed E-state index contributed by atoms with van der Waals surface area (Å²) >= 11 is 0. The lowest BCUT2D eigenvalue weighted by atomic mass is 10.1. The van der Waals surface area contributed by atoms with Gasteiger partial charge < -0.3 is 10.1 Å². The van der Waals surface area contributed by atoms with E-state index in [4.69, 9.17) is 4.74 Å². The first-order valence-corrected chi connectivity index (χ1v) is 10.2. The number of likely N-dealkylation sites (tertiary alicyclic amines) is 1. The van der Waals surface area contributed by atoms with E-state index in [-0.39, 0.29) is 18.5 Å². The Morgan fingerprint density at radius 2 is 1.83 bits per heavy atom. The van der Waals surface area contributed by atoms with Crippen molar-refractivity contribution < 1.29 is 9.53 Å². The maximum absolute atomic E-state index is 12.5. The van der Waals surface area contributed by atoms with Crippen molar-refractivity contribution in [2.75, 3.05) is 26.7 Å². The van der Waals surface area contributed by atoms with E-state index in [0.717, 1.165) is 24.4 Å². The third-order valence-electron chi connectivity index (χ3n) is 5.34. The molecule has 156 valence electrons. The highest BCUT2D eigenvalue weighted by Gasteiger charge is 2.24. The molecule has 1 aliphatic heterocycles. The number of ether oxygens (including phenoxy) is 1. The van der Waals surface area contributed by atoms with Crippen molar-refractivity contribution in [2.24, 2.45) is 0 Å². The predicted molar refractivity (Wildman–Crippen MR) is 113 cm³/mol. The van der Waals surface area contributed by atoms with Crippen molar-refractivity contribution >= 4 is 5.91 Å². The van der Waals surface area contributed by atoms with Crippen molar-refractivity contribution in [3.05, 3.63) is 60.2 Å². The lowest BCUT2D eigenvalue weighted by Gasteiger charge is -2.28. The average molecular weight is 406 g/mol. The van der Waals surface area contributed by atoms with Crippen LogP contribution >= 0.6 is 0 Å². The van der Waals surface area contributed by atoms with Gasteiger partial charge in [0.1, 0.15) is 12.3 Å². The number of benzene rings is 2. The van der Waals surface area contributed by atoms with E-state index in [2.05, 4.69) is 37.8 Å². The summed E-state index contributed by atoms with van der Waals surface area (Å²) < 4.78 is 5.27. The van der Waals surface area contributed by atoms with Crippen LogP contribution in [0.25, 0.3) is 11.4 Å². The molecule has 0 bridgehead atoms. The van der Waals surface area contributed by atoms with Gasteiger partial charge in [0.05, 0.1) is 13.2 Å². The fraction of sp³-hybridized carbons (Fsp3) is 0.364. The van der Waals surface area contributed by atoms with E-state index in [1.807, 2.05) is 42.5 Å². The first-order chi connectivity index (χ1) is 14.7. The van der Waals surface area contributed by atoms with Gasteiger partial charge in [-0.25, -0.2) is 0 Å². The van der Waals surface area contributed by atoms with Gasteiger partial charge in [0.15, 0.2) is 0 Å². The van der Waals surface area contributed by atoms with Crippen LogP contribution < -0.4 is 10.1 Å². The summed E-state index contributed by atoms with van der Waals surface area (Å²) in [5.74, 6) is 1.20. The van der Waals surface area contributed by atoms with E-state index < -0.39 is 0 Å². The molecule has 1 aromatic heterocycles. The molecule has 1 amide bonds. The molecule has 30 heavy (non-hydrogen) atoms. The molecule has 1 N–H and O–H groups in total. The Labute approximate surface area is 175 Å². The van der Waals surface area contributed by atoms with Gasteiger partial charge in [-0.2, -0.15) is 4.80 Å². The Morgan fingerprint density at radius 3 is 2.53 bits per heavy atom. The molecule has 0 radical (unpaired) electrons. The van der Waals surface area contributed by atoms with Crippen LogP contribution in [-0.4, -0.2) is 57.8 Å². The molecular weight excluding hydrogens is 380 g/mol. The smallest absolute Gasteiger partial charge is 0.243 e. The maximum Gasteiger partial charge on any atom is 0.243 e. The third kappa shape index (κ3) is 4.83. The summed E-state index contributed by atoms with van der Waals surface area (Å²) in [5, 5.41) is 15.4. The summed E-state index contributed by atoms with van der Waals surface area (Å²) in [5.41, 5.74) is 2.04. The number of rotatable bonds is 8. The van der Waals surface area contributed by atoms with E-state index in [1.54, 1.807) is 7.11 Å². The molecule has 1 unspecified atom stereocenters. The van der Waals surface area contributed by atoms with Crippen LogP contribution in [0.2, 0.25) is 0 Å². The number of aromatic nitrogens is 4. The van der Waals surface area contributed by atoms with Crippen LogP contribution in [0.5, 0.6) is 5.75 Å². The number of nitrogens with one attached hydrogen (secondary N) is 1. The molecule has 8 nitrogen and oxygen atoms in total. The number of hydrogen-bond donors (Lipinski definition) is 1. The highest BCUT2D eigenvalue weighted by molar-refractivity contribution is 5.75. The van der Waals surface area contributed by atoms with Crippen LogP contribution in [0.4, 0.5) is 0 Å². The van der Waals surface area contributed by atoms with Crippen molar-refractivity contribution in [1.82, 2.24) is 30.4 Å². The van der Waals surface area contributed by atoms with Gasteiger partial charge in [0, 0.05) is 12.1 Å². The van der Waals surface area contributed by atoms with E-state index in [1.165, 1.54) is 23.2 Å². The van der Waals surface area contributed by atoms with Gasteiger partial charge in [0.25, 0.3) is 0 Å². The second-order valence-corrected chi connectivity index (χ2v) is 7.35. The Kier molecular flexibility index (Phi) is 6.34. The van der Waals surface area contributed by atoms with E-state index in [9.17, 15) is 4.79 Å². The summed E-state index contributed by atoms with van der Waals surface area (Å²) in [4.78, 5) is 16.3. The van der Waals surface area contributed by atoms with E-state index in [0.29, 0.717) is 12.4 Å². The molecule has 0 saturated carbocycles. The number of tetrazole rings is 1. The minimum Gasteiger partial charge on any atom is -0.497 e. The third-order valence-corrected chi connectivity index (χ3v) is 5.34. The molecule has 1 fully saturated rings. The van der Waals surface area contributed by atoms with Crippen molar-refractivity contribution in [2.45, 2.75) is 25.4 Å². The number of carbonyl (C=O) groups is 1. The first-order valence-electron chi connectivity index (χ1n) is 10.2. The van der Waals surface area contributed by atoms with Crippen LogP contribution in [0.1, 0.15) is 24.4 Å². The summed E-state index contributed by atoms with van der Waals surface area (Å²) in [6, 6.07) is 17.8. The fourth-order valence-electron chi connectivity index (χ4n) is 3.74. The lowest BCUT2D eigenvalue weighted by molar-refractivity contribution is -0.122. The molecule has 1 saturated heterocycles. The molecule has 3 aromatic rings. The van der Waals surface area contributed by atoms with Crippen LogP contribution in [0, 0.1) is 0 Å². The van der Waals surface area contributed by atoms with Crippen LogP contribution in [-0.2, 0) is 11.3 Å². The highest BCUT2D eigenvalue weighted by Crippen LogP contribution is 2.26. The number of hydrogen-bond acceptors (Lipinski definition) is 6. The number of carbonyl (C=O) groups excluding carboxylic acids is 1. The van der Waals surface area contributed by atoms with Gasteiger partial charge >= 0.3 is 0 Å². The monoisotopic (exact) mass is 406 g/mol. The van der Waals surface area contributed by atoms with Crippen molar-refractivity contribution in [3.8, 4) is 17.1 Å². The lowest BCUT2D eigenvalue weighted by Crippen LogP contribution is -2.38. The fourth-order valence-corrected chi connectivity index (χ4v) is 3.74. The Balaban J connectivity index is 1.38. The van der Waals surface area contributed by atoms with Crippen molar-refractivity contribution in [3.63, 3.8) is 0 Å². The van der Waals surface area contributed by atoms with Gasteiger partial charge in [-0.05, 0) is 48.8 Å². The first kappa shape index (κ1) is 20.0. The van der Waals surface area contributed by atoms with E-state index >= 15 is 0 Å². The zero-order valence-corrected chi connectivity index (χ0v) is 17.1. The zero-order valence-electron chi connectivity index (χ0n) is 17.1. The second kappa shape index (κ2) is 9.49. The van der Waals surface area contributed by atoms with Gasteiger partial charge in [-0.15, -0.1) is 10.2 Å². The standard InChI is InChI=1S/C22H26N6O2/c1-30-19-11-9-17(10-12-19)20(27-13-5-6-14-27)15-23-21(29)16-28-25-22(24-26-28)18-7-3-2-4-8-18/h2-4,7-12,20H,5-6,13-16H2,1H3,(H,23,29). The maximum atomic E-state index is 12.5. The molecule has 4 rings (SSSR count). The Bertz CT molecular complexity index is 951. The molecule has 0 aliphatic carbocycles. The normalized spacial score (nSPS) is 15.1. The number of amides is 1. The summed E-state index contributed by atoms with van der Waals surface area (Å²) in [7, 11) is 1.66. The SMILES string of the molecule is COc1ccc(C(CNC(=O)Cn2nnc(-c3ccccc3)n2)N2CCCC2)cc1. The average Bonchev–Trinajstić information content (AvgIpc) is 3.48. The molecule has 2 heterocycles. The Morgan fingerprint density at radius 1 is 1.10 bits per heavy atom. The number of methoxy groups -OCH3 is 1. The molecule has 8 heteroatoms. The van der Waals surface area contributed by atoms with Crippen molar-refractivity contribution in [1.29, 1.82) is 0 Å². The molecule has 2 aromatic carbocycles. The Hall–Kier alpha value is -3.26. The molecule has 1 aliphatic rings. The quantitative estimate of drug-likeness (QED) is 0.618. The highest BCUT2D eigenvalue weighted by atomic mass is 16.5. The van der Waals surface area contributed by atoms with Gasteiger partial charge in [-0.3, -0.25) is 9.69 Å². The predicted octanol–water partition coefficient (Wildman–Crippen LogP) is 2.30. The molecule has 0 spiro atoms. The largest absolute Gasteiger partial charge is 0.497 e. The minimum absolute atomic E-state index is 0.0369. The minimum atomic E-state index is -0.135. The zero-order chi connectivity index (χ0) is 20.8. The molecule has 1 atom stereocenters. The van der Waals surface area contributed by atoms with Gasteiger partial charge in [0.2, 0.25) is 11.7 Å². The summed E-state index contributed by atoms with van der Waals surface area (Å²) in [6.07, 6.45) is 2.37. The molecular formula is C22H26N6O2. The summed E-state index contributed by atoms with van der Waals surface area (Å²) in [6.45, 7) is 2.65. The van der Waals surface area contributed by atoms with Crippen LogP contribution in [0.3, 0.4) is 0 Å². The number of nitrogens with zero attached hydrogens (tertiary/aromatic N) is 5. The topological polar surface area (TPSA) is 85.2 Å². The van der Waals surface area contributed by atoms with Gasteiger partial charge in [-0.1, -0.05) is 42.5 Å². The van der Waals surface area contributed by atoms with Crippen LogP contribution in [0.15, 0.2) is 54.6 Å². The second-order valence-electron chi connectivity index (χ2n) is 7.35.